The minimum atomic E-state index is -0.0195. The molecule has 0 saturated heterocycles. The molecule has 0 unspecified atom stereocenters. The van der Waals surface area contributed by atoms with Gasteiger partial charge in [0.2, 0.25) is 5.90 Å². The maximum atomic E-state index is 11.1. The van der Waals surface area contributed by atoms with Gasteiger partial charge in [-0.3, -0.25) is 10.2 Å². The monoisotopic (exact) mass is 400 g/mol. The van der Waals surface area contributed by atoms with Crippen LogP contribution in [0.2, 0.25) is 10.0 Å². The predicted octanol–water partition coefficient (Wildman–Crippen LogP) is 4.12. The van der Waals surface area contributed by atoms with Gasteiger partial charge in [0.1, 0.15) is 5.75 Å². The van der Waals surface area contributed by atoms with Crippen LogP contribution in [0, 0.1) is 5.41 Å². The summed E-state index contributed by atoms with van der Waals surface area (Å²) in [6, 6.07) is 11.7. The topological polar surface area (TPSA) is 86.9 Å². The number of rotatable bonds is 4. The molecule has 0 aliphatic carbocycles. The van der Waals surface area contributed by atoms with Crippen molar-refractivity contribution in [3.63, 3.8) is 0 Å². The van der Waals surface area contributed by atoms with Gasteiger partial charge in [0.25, 0.3) is 0 Å². The molecule has 0 saturated carbocycles. The lowest BCUT2D eigenvalue weighted by Crippen LogP contribution is -2.26. The van der Waals surface area contributed by atoms with E-state index in [9.17, 15) is 4.79 Å². The van der Waals surface area contributed by atoms with Crippen LogP contribution in [0.4, 0.5) is 0 Å². The van der Waals surface area contributed by atoms with Crippen LogP contribution in [0.15, 0.2) is 64.2 Å². The summed E-state index contributed by atoms with van der Waals surface area (Å²) in [4.78, 5) is 19.8. The summed E-state index contributed by atoms with van der Waals surface area (Å²) >= 11 is 12.0. The number of carbonyl (C=O) groups is 1. The largest absolute Gasteiger partial charge is 0.438 e. The highest BCUT2D eigenvalue weighted by Gasteiger charge is 2.23. The van der Waals surface area contributed by atoms with Gasteiger partial charge >= 0.3 is 0 Å². The number of halogens is 2. The van der Waals surface area contributed by atoms with Crippen LogP contribution in [0.5, 0.6) is 5.75 Å². The van der Waals surface area contributed by atoms with Gasteiger partial charge in [-0.1, -0.05) is 35.3 Å². The highest BCUT2D eigenvalue weighted by atomic mass is 35.5. The van der Waals surface area contributed by atoms with Crippen LogP contribution >= 0.6 is 23.2 Å². The van der Waals surface area contributed by atoms with Gasteiger partial charge < -0.3 is 10.1 Å². The van der Waals surface area contributed by atoms with Gasteiger partial charge in [-0.05, 0) is 30.3 Å². The van der Waals surface area contributed by atoms with Crippen LogP contribution < -0.4 is 10.1 Å². The first kappa shape index (κ1) is 18.8. The van der Waals surface area contributed by atoms with Crippen molar-refractivity contribution in [2.75, 3.05) is 7.05 Å². The van der Waals surface area contributed by atoms with Crippen LogP contribution in [-0.2, 0) is 0 Å². The molecular weight excluding hydrogens is 387 g/mol. The smallest absolute Gasteiger partial charge is 0.233 e. The maximum Gasteiger partial charge on any atom is 0.233 e. The van der Waals surface area contributed by atoms with E-state index >= 15 is 0 Å². The lowest BCUT2D eigenvalue weighted by Gasteiger charge is -2.17. The fourth-order valence-corrected chi connectivity index (χ4v) is 2.70. The van der Waals surface area contributed by atoms with Crippen molar-refractivity contribution >= 4 is 47.1 Å². The molecule has 8 heteroatoms. The molecule has 136 valence electrons. The third-order valence-corrected chi connectivity index (χ3v) is 4.17. The number of aldehydes is 1. The molecule has 2 aromatic carbocycles. The lowest BCUT2D eigenvalue weighted by atomic mass is 10.1. The molecule has 2 aromatic rings. The molecule has 0 bridgehead atoms. The molecule has 0 amide bonds. The quantitative estimate of drug-likeness (QED) is 0.756. The van der Waals surface area contributed by atoms with E-state index in [2.05, 4.69) is 15.3 Å². The first-order valence-electron chi connectivity index (χ1n) is 7.84. The molecule has 2 N–H and O–H groups in total. The summed E-state index contributed by atoms with van der Waals surface area (Å²) in [7, 11) is 1.70. The standard InChI is InChI=1S/C19H14Cl2N4O2/c1-23-9-15-17(22)24-18(11-3-2-4-13(20)7-11)25-19(15)27-14-5-6-16(21)12(8-14)10-26/h2-10,22-23H,1H3/b15-9+,22-17?. The van der Waals surface area contributed by atoms with Gasteiger partial charge in [0.05, 0.1) is 10.6 Å². The van der Waals surface area contributed by atoms with Gasteiger partial charge in [0, 0.05) is 29.4 Å². The Hall–Kier alpha value is -2.96. The van der Waals surface area contributed by atoms with Crippen LogP contribution in [0.25, 0.3) is 0 Å². The van der Waals surface area contributed by atoms with E-state index in [-0.39, 0.29) is 11.7 Å². The van der Waals surface area contributed by atoms with Crippen molar-refractivity contribution in [1.82, 2.24) is 5.32 Å². The summed E-state index contributed by atoms with van der Waals surface area (Å²) < 4.78 is 5.84. The number of amidine groups is 2. The van der Waals surface area contributed by atoms with Crippen LogP contribution in [-0.4, -0.2) is 30.9 Å². The Morgan fingerprint density at radius 3 is 2.67 bits per heavy atom. The molecule has 1 heterocycles. The van der Waals surface area contributed by atoms with Crippen LogP contribution in [0.1, 0.15) is 15.9 Å². The van der Waals surface area contributed by atoms with E-state index < -0.39 is 0 Å². The number of ether oxygens (including phenoxy) is 1. The molecule has 0 spiro atoms. The van der Waals surface area contributed by atoms with E-state index in [0.29, 0.717) is 44.6 Å². The molecule has 3 rings (SSSR count). The molecule has 1 aliphatic heterocycles. The molecule has 0 aromatic heterocycles. The van der Waals surface area contributed by atoms with E-state index in [4.69, 9.17) is 33.3 Å². The zero-order chi connectivity index (χ0) is 19.4. The van der Waals surface area contributed by atoms with Crippen LogP contribution in [0.3, 0.4) is 0 Å². The Morgan fingerprint density at radius 2 is 1.96 bits per heavy atom. The van der Waals surface area contributed by atoms with E-state index in [1.807, 2.05) is 0 Å². The number of hydrogen-bond acceptors (Lipinski definition) is 5. The Morgan fingerprint density at radius 1 is 1.15 bits per heavy atom. The Kier molecular flexibility index (Phi) is 5.69. The first-order chi connectivity index (χ1) is 13.0. The normalized spacial score (nSPS) is 15.2. The molecular formula is C19H14Cl2N4O2. The van der Waals surface area contributed by atoms with Gasteiger partial charge in [-0.25, -0.2) is 4.99 Å². The molecule has 0 fully saturated rings. The zero-order valence-corrected chi connectivity index (χ0v) is 15.7. The summed E-state index contributed by atoms with van der Waals surface area (Å²) in [5.74, 6) is 0.810. The van der Waals surface area contributed by atoms with Gasteiger partial charge in [-0.2, -0.15) is 4.99 Å². The Labute approximate surface area is 165 Å². The molecule has 1 aliphatic rings. The van der Waals surface area contributed by atoms with Crippen molar-refractivity contribution in [1.29, 1.82) is 5.41 Å². The number of aliphatic imine (C=N–C) groups is 2. The maximum absolute atomic E-state index is 11.1. The minimum Gasteiger partial charge on any atom is -0.438 e. The third-order valence-electron chi connectivity index (χ3n) is 3.59. The van der Waals surface area contributed by atoms with Crippen molar-refractivity contribution in [3.8, 4) is 5.75 Å². The second-order valence-corrected chi connectivity index (χ2v) is 6.30. The summed E-state index contributed by atoms with van der Waals surface area (Å²) in [5, 5.41) is 11.9. The Balaban J connectivity index is 2.03. The van der Waals surface area contributed by atoms with Crippen molar-refractivity contribution in [3.05, 3.63) is 75.4 Å². The number of nitrogens with one attached hydrogen (secondary N) is 2. The molecule has 6 nitrogen and oxygen atoms in total. The third kappa shape index (κ3) is 4.24. The summed E-state index contributed by atoms with van der Waals surface area (Å²) in [6.45, 7) is 0. The second kappa shape index (κ2) is 8.16. The predicted molar refractivity (Wildman–Crippen MR) is 108 cm³/mol. The highest BCUT2D eigenvalue weighted by molar-refractivity contribution is 6.33. The zero-order valence-electron chi connectivity index (χ0n) is 14.2. The number of nitrogens with zero attached hydrogens (tertiary/aromatic N) is 2. The molecule has 0 atom stereocenters. The summed E-state index contributed by atoms with van der Waals surface area (Å²) in [5.41, 5.74) is 1.32. The van der Waals surface area contributed by atoms with Crippen molar-refractivity contribution in [2.45, 2.75) is 0 Å². The number of benzene rings is 2. The molecule has 27 heavy (non-hydrogen) atoms. The van der Waals surface area contributed by atoms with Gasteiger partial charge in [0.15, 0.2) is 18.0 Å². The SMILES string of the molecule is CN/C=C1\C(=N)N=C(c2cccc(Cl)c2)N=C1Oc1ccc(Cl)c(C=O)c1. The van der Waals surface area contributed by atoms with Gasteiger partial charge in [-0.15, -0.1) is 0 Å². The average Bonchev–Trinajstić information content (AvgIpc) is 2.65. The highest BCUT2D eigenvalue weighted by Crippen LogP contribution is 2.23. The van der Waals surface area contributed by atoms with E-state index in [0.717, 1.165) is 0 Å². The summed E-state index contributed by atoms with van der Waals surface area (Å²) in [6.07, 6.45) is 2.21. The average molecular weight is 401 g/mol. The fraction of sp³-hybridized carbons (Fsp3) is 0.0526. The van der Waals surface area contributed by atoms with Crippen molar-refractivity contribution in [2.24, 2.45) is 9.98 Å². The molecule has 0 radical (unpaired) electrons. The second-order valence-electron chi connectivity index (χ2n) is 5.46. The first-order valence-corrected chi connectivity index (χ1v) is 8.60. The number of carbonyl (C=O) groups excluding carboxylic acids is 1. The Bertz CT molecular complexity index is 1010. The number of hydrogen-bond donors (Lipinski definition) is 2. The van der Waals surface area contributed by atoms with Crippen molar-refractivity contribution < 1.29 is 9.53 Å². The van der Waals surface area contributed by atoms with E-state index in [1.54, 1.807) is 49.6 Å². The lowest BCUT2D eigenvalue weighted by molar-refractivity contribution is 0.112. The minimum absolute atomic E-state index is 0.0195. The van der Waals surface area contributed by atoms with E-state index in [1.165, 1.54) is 6.07 Å². The fourth-order valence-electron chi connectivity index (χ4n) is 2.34.